The van der Waals surface area contributed by atoms with Gasteiger partial charge in [0.1, 0.15) is 11.6 Å². The quantitative estimate of drug-likeness (QED) is 0.263. The Morgan fingerprint density at radius 2 is 1.32 bits per heavy atom. The molecule has 34 heavy (non-hydrogen) atoms. The number of halogens is 1. The van der Waals surface area contributed by atoms with E-state index in [0.29, 0.717) is 40.7 Å². The summed E-state index contributed by atoms with van der Waals surface area (Å²) in [5.41, 5.74) is 25.2. The molecule has 0 spiro atoms. The van der Waals surface area contributed by atoms with Gasteiger partial charge in [-0.25, -0.2) is 9.97 Å². The SMILES string of the molecule is COc1cc(CC#Cc2c(C)nc(N)nc2N)cc(OC)c1OC.Cc1nc(N)nc(N)c1I. The van der Waals surface area contributed by atoms with Gasteiger partial charge >= 0.3 is 0 Å². The minimum Gasteiger partial charge on any atom is -0.493 e. The summed E-state index contributed by atoms with van der Waals surface area (Å²) in [5.74, 6) is 8.86. The van der Waals surface area contributed by atoms with Crippen molar-refractivity contribution in [2.45, 2.75) is 20.3 Å². The Hall–Kier alpha value is -3.73. The summed E-state index contributed by atoms with van der Waals surface area (Å²) in [6.07, 6.45) is 0.472. The van der Waals surface area contributed by atoms with Gasteiger partial charge in [-0.05, 0) is 54.1 Å². The van der Waals surface area contributed by atoms with Gasteiger partial charge < -0.3 is 37.1 Å². The molecule has 0 aliphatic rings. The molecule has 3 rings (SSSR count). The maximum absolute atomic E-state index is 5.84. The lowest BCUT2D eigenvalue weighted by Gasteiger charge is -2.13. The number of rotatable bonds is 4. The summed E-state index contributed by atoms with van der Waals surface area (Å²) < 4.78 is 16.8. The van der Waals surface area contributed by atoms with Gasteiger partial charge in [0.05, 0.1) is 41.9 Å². The van der Waals surface area contributed by atoms with Crippen LogP contribution in [0, 0.1) is 29.3 Å². The van der Waals surface area contributed by atoms with Gasteiger partial charge in [-0.15, -0.1) is 0 Å². The van der Waals surface area contributed by atoms with E-state index in [2.05, 4.69) is 54.4 Å². The number of nitrogen functional groups attached to an aromatic ring is 4. The molecular weight excluding hydrogens is 551 g/mol. The van der Waals surface area contributed by atoms with Crippen molar-refractivity contribution in [3.8, 4) is 29.1 Å². The van der Waals surface area contributed by atoms with Gasteiger partial charge in [0.2, 0.25) is 17.6 Å². The molecule has 2 aromatic heterocycles. The number of ether oxygens (including phenoxy) is 3. The molecule has 0 saturated heterocycles. The first-order valence-electron chi connectivity index (χ1n) is 9.83. The Labute approximate surface area is 211 Å². The van der Waals surface area contributed by atoms with Crippen molar-refractivity contribution in [1.29, 1.82) is 0 Å². The number of aryl methyl sites for hydroxylation is 2. The van der Waals surface area contributed by atoms with Gasteiger partial charge in [-0.2, -0.15) is 9.97 Å². The van der Waals surface area contributed by atoms with Gasteiger partial charge in [0, 0.05) is 6.42 Å². The van der Waals surface area contributed by atoms with Gasteiger partial charge in [0.15, 0.2) is 11.5 Å². The molecule has 3 aromatic rings. The number of benzene rings is 1. The zero-order valence-electron chi connectivity index (χ0n) is 19.6. The third-order valence-corrected chi connectivity index (χ3v) is 5.76. The number of aromatic nitrogens is 4. The molecule has 1 aromatic carbocycles. The Morgan fingerprint density at radius 3 is 1.79 bits per heavy atom. The predicted molar refractivity (Wildman–Crippen MR) is 141 cm³/mol. The first-order valence-corrected chi connectivity index (χ1v) is 10.9. The van der Waals surface area contributed by atoms with Crippen molar-refractivity contribution < 1.29 is 14.2 Å². The monoisotopic (exact) mass is 578 g/mol. The van der Waals surface area contributed by atoms with E-state index >= 15 is 0 Å². The van der Waals surface area contributed by atoms with Crippen LogP contribution in [0.25, 0.3) is 0 Å². The molecule has 11 nitrogen and oxygen atoms in total. The zero-order chi connectivity index (χ0) is 25.4. The highest BCUT2D eigenvalue weighted by Crippen LogP contribution is 2.38. The van der Waals surface area contributed by atoms with Crippen LogP contribution in [-0.2, 0) is 6.42 Å². The number of methoxy groups -OCH3 is 3. The minimum atomic E-state index is 0.139. The Bertz CT molecular complexity index is 1170. The van der Waals surface area contributed by atoms with Crippen LogP contribution in [0.1, 0.15) is 22.5 Å². The smallest absolute Gasteiger partial charge is 0.222 e. The molecule has 0 amide bonds. The largest absolute Gasteiger partial charge is 0.493 e. The van der Waals surface area contributed by atoms with Crippen molar-refractivity contribution in [2.24, 2.45) is 0 Å². The van der Waals surface area contributed by atoms with Crippen LogP contribution in [-0.4, -0.2) is 41.3 Å². The molecule has 0 atom stereocenters. The van der Waals surface area contributed by atoms with Crippen LogP contribution in [0.2, 0.25) is 0 Å². The van der Waals surface area contributed by atoms with Crippen molar-refractivity contribution in [2.75, 3.05) is 44.3 Å². The predicted octanol–water partition coefficient (Wildman–Crippen LogP) is 2.12. The lowest BCUT2D eigenvalue weighted by atomic mass is 10.1. The summed E-state index contributed by atoms with van der Waals surface area (Å²) >= 11 is 2.08. The molecule has 2 heterocycles. The lowest BCUT2D eigenvalue weighted by Crippen LogP contribution is -2.04. The number of anilines is 4. The maximum atomic E-state index is 5.84. The molecule has 8 N–H and O–H groups in total. The highest BCUT2D eigenvalue weighted by atomic mass is 127. The van der Waals surface area contributed by atoms with E-state index in [1.807, 2.05) is 19.1 Å². The van der Waals surface area contributed by atoms with Crippen LogP contribution in [0.4, 0.5) is 23.5 Å². The van der Waals surface area contributed by atoms with Crippen LogP contribution in [0.15, 0.2) is 12.1 Å². The molecule has 0 unspecified atom stereocenters. The number of hydrogen-bond donors (Lipinski definition) is 4. The van der Waals surface area contributed by atoms with Crippen LogP contribution < -0.4 is 37.1 Å². The molecule has 0 aliphatic carbocycles. The third-order valence-electron chi connectivity index (χ3n) is 4.43. The van der Waals surface area contributed by atoms with Crippen molar-refractivity contribution in [3.63, 3.8) is 0 Å². The normalized spacial score (nSPS) is 9.82. The average Bonchev–Trinajstić information content (AvgIpc) is 2.78. The van der Waals surface area contributed by atoms with Crippen molar-refractivity contribution in [3.05, 3.63) is 38.2 Å². The molecule has 0 aliphatic heterocycles. The fourth-order valence-corrected chi connectivity index (χ4v) is 3.09. The molecule has 12 heteroatoms. The molecule has 180 valence electrons. The molecular formula is C22H27IN8O3. The number of nitrogens with zero attached hydrogens (tertiary/aromatic N) is 4. The van der Waals surface area contributed by atoms with Crippen molar-refractivity contribution >= 4 is 46.1 Å². The van der Waals surface area contributed by atoms with E-state index in [1.54, 1.807) is 28.3 Å². The van der Waals surface area contributed by atoms with Crippen LogP contribution >= 0.6 is 22.6 Å². The Balaban J connectivity index is 0.000000340. The average molecular weight is 578 g/mol. The summed E-state index contributed by atoms with van der Waals surface area (Å²) in [7, 11) is 4.71. The van der Waals surface area contributed by atoms with Gasteiger partial charge in [-0.1, -0.05) is 11.8 Å². The highest BCUT2D eigenvalue weighted by Gasteiger charge is 2.12. The zero-order valence-corrected chi connectivity index (χ0v) is 21.7. The summed E-state index contributed by atoms with van der Waals surface area (Å²) in [6, 6.07) is 3.71. The third kappa shape index (κ3) is 6.64. The standard InChI is InChI=1S/C17H20N4O3.C5H7IN4/c1-10-12(16(18)21-17(19)20-10)7-5-6-11-8-13(22-2)15(24-4)14(9-11)23-3;1-2-3(6)4(7)10-5(8)9-2/h8-9H,6H2,1-4H3,(H4,18,19,20,21);1H3,(H4,7,8,9,10). The molecule has 0 radical (unpaired) electrons. The van der Waals surface area contributed by atoms with Crippen molar-refractivity contribution in [1.82, 2.24) is 19.9 Å². The molecule has 0 fully saturated rings. The van der Waals surface area contributed by atoms with E-state index in [1.165, 1.54) is 0 Å². The second-order valence-electron chi connectivity index (χ2n) is 6.81. The Morgan fingerprint density at radius 1 is 0.794 bits per heavy atom. The first kappa shape index (κ1) is 26.5. The highest BCUT2D eigenvalue weighted by molar-refractivity contribution is 14.1. The van der Waals surface area contributed by atoms with E-state index < -0.39 is 0 Å². The summed E-state index contributed by atoms with van der Waals surface area (Å²) in [6.45, 7) is 3.63. The topological polar surface area (TPSA) is 183 Å². The minimum absolute atomic E-state index is 0.139. The fraction of sp³-hybridized carbons (Fsp3) is 0.273. The second-order valence-corrected chi connectivity index (χ2v) is 7.88. The van der Waals surface area contributed by atoms with Crippen LogP contribution in [0.5, 0.6) is 17.2 Å². The summed E-state index contributed by atoms with van der Waals surface area (Å²) in [5, 5.41) is 0. The Kier molecular flexibility index (Phi) is 9.31. The van der Waals surface area contributed by atoms with Gasteiger partial charge in [-0.3, -0.25) is 0 Å². The van der Waals surface area contributed by atoms with Crippen LogP contribution in [0.3, 0.4) is 0 Å². The lowest BCUT2D eigenvalue weighted by molar-refractivity contribution is 0.324. The number of hydrogen-bond acceptors (Lipinski definition) is 11. The first-order chi connectivity index (χ1) is 16.1. The second kappa shape index (κ2) is 11.9. The van der Waals surface area contributed by atoms with Gasteiger partial charge in [0.25, 0.3) is 0 Å². The van der Waals surface area contributed by atoms with E-state index in [0.717, 1.165) is 14.8 Å². The molecule has 0 saturated carbocycles. The van der Waals surface area contributed by atoms with E-state index in [-0.39, 0.29) is 17.7 Å². The fourth-order valence-electron chi connectivity index (χ4n) is 2.85. The van der Waals surface area contributed by atoms with E-state index in [9.17, 15) is 0 Å². The molecule has 0 bridgehead atoms. The summed E-state index contributed by atoms with van der Waals surface area (Å²) in [4.78, 5) is 15.7. The van der Waals surface area contributed by atoms with E-state index in [4.69, 9.17) is 37.1 Å². The maximum Gasteiger partial charge on any atom is 0.222 e. The number of nitrogens with two attached hydrogens (primary N) is 4.